The predicted octanol–water partition coefficient (Wildman–Crippen LogP) is 2.21. The molecule has 0 radical (unpaired) electrons. The first-order valence-electron chi connectivity index (χ1n) is 5.23. The molecule has 0 bridgehead atoms. The summed E-state index contributed by atoms with van der Waals surface area (Å²) in [4.78, 5) is 14.9. The van der Waals surface area contributed by atoms with E-state index in [0.29, 0.717) is 5.69 Å². The van der Waals surface area contributed by atoms with Crippen LogP contribution in [0.3, 0.4) is 0 Å². The second-order valence-corrected chi connectivity index (χ2v) is 3.44. The Morgan fingerprint density at radius 3 is 2.61 bits per heavy atom. The molecule has 0 saturated carbocycles. The fourth-order valence-corrected chi connectivity index (χ4v) is 1.26. The van der Waals surface area contributed by atoms with E-state index in [0.717, 1.165) is 5.56 Å². The van der Waals surface area contributed by atoms with Gasteiger partial charge in [0.15, 0.2) is 0 Å². The number of amides is 1. The number of halogens is 1. The van der Waals surface area contributed by atoms with E-state index in [9.17, 15) is 9.18 Å². The Morgan fingerprint density at radius 2 is 1.94 bits per heavy atom. The number of anilines is 1. The smallest absolute Gasteiger partial charge is 0.300 e. The van der Waals surface area contributed by atoms with Crippen molar-refractivity contribution in [1.82, 2.24) is 4.98 Å². The molecule has 88 valence electrons. The Hall–Kier alpha value is -2.67. The molecule has 0 fully saturated rings. The Morgan fingerprint density at radius 1 is 1.17 bits per heavy atom. The highest BCUT2D eigenvalue weighted by Gasteiger charge is 1.98. The van der Waals surface area contributed by atoms with Gasteiger partial charge in [-0.15, -0.1) is 0 Å². The topological polar surface area (TPSA) is 42.0 Å². The van der Waals surface area contributed by atoms with Crippen molar-refractivity contribution >= 4 is 11.6 Å². The van der Waals surface area contributed by atoms with Crippen LogP contribution in [-0.2, 0) is 4.79 Å². The van der Waals surface area contributed by atoms with Crippen LogP contribution in [-0.4, -0.2) is 10.9 Å². The summed E-state index contributed by atoms with van der Waals surface area (Å²) in [6.07, 6.45) is 1.23. The third-order valence-corrected chi connectivity index (χ3v) is 2.08. The number of benzene rings is 1. The van der Waals surface area contributed by atoms with Gasteiger partial charge in [0, 0.05) is 11.5 Å². The molecule has 0 atom stereocenters. The number of hydrogen-bond donors (Lipinski definition) is 1. The van der Waals surface area contributed by atoms with E-state index >= 15 is 0 Å². The van der Waals surface area contributed by atoms with Gasteiger partial charge in [-0.1, -0.05) is 24.1 Å². The monoisotopic (exact) mass is 240 g/mol. The van der Waals surface area contributed by atoms with Crippen molar-refractivity contribution in [3.8, 4) is 11.8 Å². The number of nitrogens with zero attached hydrogens (tertiary/aromatic N) is 1. The number of nitrogens with one attached hydrogen (secondary N) is 1. The molecular formula is C14H9FN2O. The zero-order chi connectivity index (χ0) is 12.8. The van der Waals surface area contributed by atoms with Gasteiger partial charge in [0.05, 0.1) is 11.9 Å². The van der Waals surface area contributed by atoms with Crippen LogP contribution in [0.4, 0.5) is 10.1 Å². The molecule has 3 nitrogen and oxygen atoms in total. The molecule has 0 spiro atoms. The van der Waals surface area contributed by atoms with Gasteiger partial charge >= 0.3 is 5.91 Å². The second-order valence-electron chi connectivity index (χ2n) is 3.44. The predicted molar refractivity (Wildman–Crippen MR) is 66.1 cm³/mol. The third-order valence-electron chi connectivity index (χ3n) is 2.08. The summed E-state index contributed by atoms with van der Waals surface area (Å²) in [5.74, 6) is 4.10. The lowest BCUT2D eigenvalue weighted by atomic mass is 10.2. The van der Waals surface area contributed by atoms with Crippen LogP contribution in [0.1, 0.15) is 5.56 Å². The summed E-state index contributed by atoms with van der Waals surface area (Å²) < 4.78 is 12.5. The number of hydrogen-bond acceptors (Lipinski definition) is 2. The number of rotatable bonds is 1. The highest BCUT2D eigenvalue weighted by Crippen LogP contribution is 2.04. The maximum atomic E-state index is 12.5. The quantitative estimate of drug-likeness (QED) is 0.613. The van der Waals surface area contributed by atoms with E-state index in [1.807, 2.05) is 18.2 Å². The van der Waals surface area contributed by atoms with E-state index in [1.54, 1.807) is 12.1 Å². The van der Waals surface area contributed by atoms with E-state index in [2.05, 4.69) is 22.1 Å². The minimum atomic E-state index is -0.594. The maximum absolute atomic E-state index is 12.5. The standard InChI is InChI=1S/C14H9FN2O/c15-13-8-7-12(10-16-13)17-14(18)9-6-11-4-2-1-3-5-11/h1-5,7-8,10H,(H,17,18). The van der Waals surface area contributed by atoms with Crippen molar-refractivity contribution in [1.29, 1.82) is 0 Å². The van der Waals surface area contributed by atoms with E-state index in [-0.39, 0.29) is 0 Å². The van der Waals surface area contributed by atoms with Gasteiger partial charge in [0.1, 0.15) is 0 Å². The van der Waals surface area contributed by atoms with Crippen molar-refractivity contribution in [2.45, 2.75) is 0 Å². The zero-order valence-electron chi connectivity index (χ0n) is 9.35. The average molecular weight is 240 g/mol. The molecule has 0 aliphatic rings. The molecule has 0 unspecified atom stereocenters. The Kier molecular flexibility index (Phi) is 3.67. The van der Waals surface area contributed by atoms with Gasteiger partial charge in [-0.3, -0.25) is 4.79 Å². The Balaban J connectivity index is 2.01. The average Bonchev–Trinajstić information content (AvgIpc) is 2.40. The first-order valence-corrected chi connectivity index (χ1v) is 5.23. The first-order chi connectivity index (χ1) is 8.74. The van der Waals surface area contributed by atoms with E-state index in [4.69, 9.17) is 0 Å². The Labute approximate surface area is 104 Å². The summed E-state index contributed by atoms with van der Waals surface area (Å²) in [7, 11) is 0. The minimum Gasteiger partial charge on any atom is -0.314 e. The normalized spacial score (nSPS) is 9.17. The highest BCUT2D eigenvalue weighted by atomic mass is 19.1. The lowest BCUT2D eigenvalue weighted by Gasteiger charge is -1.98. The molecule has 18 heavy (non-hydrogen) atoms. The van der Waals surface area contributed by atoms with Gasteiger partial charge in [0.2, 0.25) is 5.95 Å². The number of carbonyl (C=O) groups excluding carboxylic acids is 1. The SMILES string of the molecule is O=C(C#Cc1ccccc1)Nc1ccc(F)nc1. The van der Waals surface area contributed by atoms with E-state index in [1.165, 1.54) is 18.3 Å². The van der Waals surface area contributed by atoms with Crippen LogP contribution in [0, 0.1) is 17.8 Å². The summed E-state index contributed by atoms with van der Waals surface area (Å²) >= 11 is 0. The summed E-state index contributed by atoms with van der Waals surface area (Å²) in [5, 5.41) is 2.50. The van der Waals surface area contributed by atoms with Crippen LogP contribution in [0.2, 0.25) is 0 Å². The fraction of sp³-hybridized carbons (Fsp3) is 0. The van der Waals surface area contributed by atoms with E-state index < -0.39 is 11.9 Å². The van der Waals surface area contributed by atoms with Gasteiger partial charge in [-0.2, -0.15) is 4.39 Å². The van der Waals surface area contributed by atoms with Crippen molar-refractivity contribution < 1.29 is 9.18 Å². The molecule has 4 heteroatoms. The molecule has 0 aliphatic heterocycles. The second kappa shape index (κ2) is 5.60. The first kappa shape index (κ1) is 11.8. The minimum absolute atomic E-state index is 0.406. The largest absolute Gasteiger partial charge is 0.314 e. The van der Waals surface area contributed by atoms with Gasteiger partial charge in [-0.25, -0.2) is 4.98 Å². The maximum Gasteiger partial charge on any atom is 0.300 e. The molecule has 2 aromatic rings. The van der Waals surface area contributed by atoms with Crippen molar-refractivity contribution in [2.24, 2.45) is 0 Å². The molecule has 1 amide bonds. The Bertz CT molecular complexity index is 597. The highest BCUT2D eigenvalue weighted by molar-refractivity contribution is 6.04. The summed E-state index contributed by atoms with van der Waals surface area (Å²) in [5.41, 5.74) is 1.16. The van der Waals surface area contributed by atoms with Crippen LogP contribution < -0.4 is 5.32 Å². The van der Waals surface area contributed by atoms with Crippen LogP contribution in [0.5, 0.6) is 0 Å². The van der Waals surface area contributed by atoms with Crippen LogP contribution >= 0.6 is 0 Å². The fourth-order valence-electron chi connectivity index (χ4n) is 1.26. The molecule has 1 aromatic carbocycles. The molecule has 1 aromatic heterocycles. The van der Waals surface area contributed by atoms with Gasteiger partial charge in [-0.05, 0) is 24.3 Å². The molecule has 0 saturated heterocycles. The summed E-state index contributed by atoms with van der Waals surface area (Å²) in [6.45, 7) is 0. The molecular weight excluding hydrogens is 231 g/mol. The van der Waals surface area contributed by atoms with Crippen LogP contribution in [0.15, 0.2) is 48.7 Å². The van der Waals surface area contributed by atoms with Crippen molar-refractivity contribution in [3.63, 3.8) is 0 Å². The van der Waals surface area contributed by atoms with Crippen molar-refractivity contribution in [3.05, 3.63) is 60.2 Å². The lowest BCUT2D eigenvalue weighted by molar-refractivity contribution is -0.111. The number of aromatic nitrogens is 1. The molecule has 2 rings (SSSR count). The summed E-state index contributed by atoms with van der Waals surface area (Å²) in [6, 6.07) is 11.7. The molecule has 0 aliphatic carbocycles. The van der Waals surface area contributed by atoms with Gasteiger partial charge < -0.3 is 5.32 Å². The third kappa shape index (κ3) is 3.42. The number of pyridine rings is 1. The molecule has 1 N–H and O–H groups in total. The number of carbonyl (C=O) groups is 1. The zero-order valence-corrected chi connectivity index (χ0v) is 9.35. The van der Waals surface area contributed by atoms with Gasteiger partial charge in [0.25, 0.3) is 0 Å². The van der Waals surface area contributed by atoms with Crippen LogP contribution in [0.25, 0.3) is 0 Å². The lowest BCUT2D eigenvalue weighted by Crippen LogP contribution is -2.08. The molecule has 1 heterocycles. The van der Waals surface area contributed by atoms with Crippen molar-refractivity contribution in [2.75, 3.05) is 5.32 Å².